The summed E-state index contributed by atoms with van der Waals surface area (Å²) in [5.41, 5.74) is 1.41. The van der Waals surface area contributed by atoms with E-state index >= 15 is 0 Å². The van der Waals surface area contributed by atoms with Gasteiger partial charge in [-0.2, -0.15) is 0 Å². The van der Waals surface area contributed by atoms with Gasteiger partial charge in [-0.1, -0.05) is 12.1 Å². The van der Waals surface area contributed by atoms with Crippen molar-refractivity contribution >= 4 is 5.82 Å². The minimum absolute atomic E-state index is 0.0799. The molecule has 1 aliphatic carbocycles. The zero-order valence-corrected chi connectivity index (χ0v) is 14.7. The van der Waals surface area contributed by atoms with Crippen LogP contribution in [0.2, 0.25) is 0 Å². The van der Waals surface area contributed by atoms with E-state index in [1.54, 1.807) is 13.3 Å². The third-order valence-corrected chi connectivity index (χ3v) is 5.36. The number of methoxy groups -OCH3 is 1. The summed E-state index contributed by atoms with van der Waals surface area (Å²) in [6.07, 6.45) is 9.10. The summed E-state index contributed by atoms with van der Waals surface area (Å²) in [4.78, 5) is 19.2. The number of piperidine rings is 1. The lowest BCUT2D eigenvalue weighted by Gasteiger charge is -2.32. The molecule has 2 aromatic rings. The molecule has 132 valence electrons. The fourth-order valence-electron chi connectivity index (χ4n) is 3.75. The lowest BCUT2D eigenvalue weighted by atomic mass is 9.90. The monoisotopic (exact) mass is 339 g/mol. The van der Waals surface area contributed by atoms with Crippen molar-refractivity contribution in [2.45, 2.75) is 38.1 Å². The predicted molar refractivity (Wildman–Crippen MR) is 98.4 cm³/mol. The van der Waals surface area contributed by atoms with Gasteiger partial charge in [-0.25, -0.2) is 4.98 Å². The molecule has 1 saturated carbocycles. The first kappa shape index (κ1) is 16.2. The molecule has 1 aromatic carbocycles. The van der Waals surface area contributed by atoms with Gasteiger partial charge in [-0.15, -0.1) is 0 Å². The van der Waals surface area contributed by atoms with Gasteiger partial charge in [0.05, 0.1) is 7.11 Å². The molecule has 2 fully saturated rings. The Labute approximate surface area is 148 Å². The molecule has 0 unspecified atom stereocenters. The quantitative estimate of drug-likeness (QED) is 0.840. The van der Waals surface area contributed by atoms with Crippen molar-refractivity contribution in [3.63, 3.8) is 0 Å². The second-order valence-corrected chi connectivity index (χ2v) is 7.18. The molecule has 2 aliphatic rings. The van der Waals surface area contributed by atoms with Gasteiger partial charge in [0.15, 0.2) is 5.82 Å². The summed E-state index contributed by atoms with van der Waals surface area (Å²) in [6, 6.07) is 8.73. The summed E-state index contributed by atoms with van der Waals surface area (Å²) in [5, 5.41) is 0. The molecule has 0 amide bonds. The molecule has 1 aliphatic heterocycles. The number of hydrogen-bond donors (Lipinski definition) is 0. The van der Waals surface area contributed by atoms with Gasteiger partial charge in [0.1, 0.15) is 5.75 Å². The lowest BCUT2D eigenvalue weighted by Crippen LogP contribution is -2.39. The van der Waals surface area contributed by atoms with Gasteiger partial charge in [0.2, 0.25) is 0 Å². The highest BCUT2D eigenvalue weighted by Crippen LogP contribution is 2.33. The Bertz CT molecular complexity index is 790. The van der Waals surface area contributed by atoms with E-state index in [1.165, 1.54) is 5.56 Å². The van der Waals surface area contributed by atoms with Crippen LogP contribution in [0.5, 0.6) is 5.75 Å². The van der Waals surface area contributed by atoms with E-state index in [0.29, 0.717) is 17.8 Å². The fraction of sp³-hybridized carbons (Fsp3) is 0.500. The number of aromatic nitrogens is 2. The lowest BCUT2D eigenvalue weighted by molar-refractivity contribution is 0.397. The largest absolute Gasteiger partial charge is 0.497 e. The van der Waals surface area contributed by atoms with E-state index in [-0.39, 0.29) is 5.56 Å². The van der Waals surface area contributed by atoms with Crippen LogP contribution in [0.4, 0.5) is 5.82 Å². The zero-order chi connectivity index (χ0) is 17.2. The van der Waals surface area contributed by atoms with E-state index in [4.69, 9.17) is 4.74 Å². The maximum atomic E-state index is 12.6. The van der Waals surface area contributed by atoms with Gasteiger partial charge in [0, 0.05) is 31.5 Å². The molecular weight excluding hydrogens is 314 g/mol. The van der Waals surface area contributed by atoms with Gasteiger partial charge >= 0.3 is 0 Å². The Kier molecular flexibility index (Phi) is 4.47. The average Bonchev–Trinajstić information content (AvgIpc) is 3.48. The van der Waals surface area contributed by atoms with Crippen LogP contribution in [-0.2, 0) is 6.42 Å². The third kappa shape index (κ3) is 3.55. The topological polar surface area (TPSA) is 47.4 Å². The normalized spacial score (nSPS) is 18.4. The molecular formula is C20H25N3O2. The Hall–Kier alpha value is -2.30. The number of nitrogens with zero attached hydrogens (tertiary/aromatic N) is 3. The Morgan fingerprint density at radius 3 is 2.72 bits per heavy atom. The zero-order valence-electron chi connectivity index (χ0n) is 14.7. The van der Waals surface area contributed by atoms with Crippen molar-refractivity contribution in [3.05, 3.63) is 52.6 Å². The maximum Gasteiger partial charge on any atom is 0.293 e. The smallest absolute Gasteiger partial charge is 0.293 e. The number of benzene rings is 1. The van der Waals surface area contributed by atoms with E-state index in [0.717, 1.165) is 50.9 Å². The second-order valence-electron chi connectivity index (χ2n) is 7.18. The van der Waals surface area contributed by atoms with Crippen molar-refractivity contribution in [2.24, 2.45) is 5.92 Å². The highest BCUT2D eigenvalue weighted by atomic mass is 16.5. The molecule has 2 heterocycles. The molecule has 0 radical (unpaired) electrons. The van der Waals surface area contributed by atoms with Crippen LogP contribution in [0.15, 0.2) is 41.5 Å². The van der Waals surface area contributed by atoms with Crippen LogP contribution >= 0.6 is 0 Å². The van der Waals surface area contributed by atoms with Crippen LogP contribution in [0, 0.1) is 5.92 Å². The molecule has 0 atom stereocenters. The average molecular weight is 339 g/mol. The highest BCUT2D eigenvalue weighted by molar-refractivity contribution is 5.36. The van der Waals surface area contributed by atoms with Crippen LogP contribution in [0.3, 0.4) is 0 Å². The Morgan fingerprint density at radius 1 is 1.20 bits per heavy atom. The first-order valence-electron chi connectivity index (χ1n) is 9.19. The molecule has 0 spiro atoms. The molecule has 1 aromatic heterocycles. The number of hydrogen-bond acceptors (Lipinski definition) is 4. The summed E-state index contributed by atoms with van der Waals surface area (Å²) in [7, 11) is 1.71. The van der Waals surface area contributed by atoms with Crippen molar-refractivity contribution in [3.8, 4) is 5.75 Å². The number of ether oxygens (including phenoxy) is 1. The molecule has 1 saturated heterocycles. The first-order valence-corrected chi connectivity index (χ1v) is 9.19. The number of anilines is 1. The third-order valence-electron chi connectivity index (χ3n) is 5.36. The molecule has 0 bridgehead atoms. The van der Waals surface area contributed by atoms with E-state index in [1.807, 2.05) is 16.8 Å². The van der Waals surface area contributed by atoms with Crippen molar-refractivity contribution in [1.82, 2.24) is 9.55 Å². The van der Waals surface area contributed by atoms with E-state index in [2.05, 4.69) is 28.1 Å². The van der Waals surface area contributed by atoms with Gasteiger partial charge in [0.25, 0.3) is 5.56 Å². The molecule has 4 rings (SSSR count). The summed E-state index contributed by atoms with van der Waals surface area (Å²) >= 11 is 0. The van der Waals surface area contributed by atoms with E-state index < -0.39 is 0 Å². The van der Waals surface area contributed by atoms with Crippen molar-refractivity contribution < 1.29 is 4.74 Å². The summed E-state index contributed by atoms with van der Waals surface area (Å²) in [5.74, 6) is 2.20. The number of rotatable bonds is 5. The molecule has 5 heteroatoms. The Morgan fingerprint density at radius 2 is 2.00 bits per heavy atom. The first-order chi connectivity index (χ1) is 12.2. The van der Waals surface area contributed by atoms with Gasteiger partial charge < -0.3 is 14.2 Å². The Balaban J connectivity index is 1.40. The van der Waals surface area contributed by atoms with Crippen LogP contribution in [0.1, 0.15) is 37.3 Å². The highest BCUT2D eigenvalue weighted by Gasteiger charge is 2.27. The van der Waals surface area contributed by atoms with Gasteiger partial charge in [-0.05, 0) is 55.7 Å². The maximum absolute atomic E-state index is 12.6. The van der Waals surface area contributed by atoms with Crippen molar-refractivity contribution in [2.75, 3.05) is 25.1 Å². The summed E-state index contributed by atoms with van der Waals surface area (Å²) in [6.45, 7) is 1.82. The second kappa shape index (κ2) is 6.90. The molecule has 0 N–H and O–H groups in total. The van der Waals surface area contributed by atoms with Crippen LogP contribution < -0.4 is 15.2 Å². The minimum Gasteiger partial charge on any atom is -0.497 e. The van der Waals surface area contributed by atoms with Crippen LogP contribution in [-0.4, -0.2) is 29.8 Å². The van der Waals surface area contributed by atoms with E-state index in [9.17, 15) is 4.79 Å². The fourth-order valence-corrected chi connectivity index (χ4v) is 3.75. The van der Waals surface area contributed by atoms with Crippen LogP contribution in [0.25, 0.3) is 0 Å². The molecule has 25 heavy (non-hydrogen) atoms. The van der Waals surface area contributed by atoms with Gasteiger partial charge in [-0.3, -0.25) is 4.79 Å². The SMILES string of the molecule is COc1cccc(CC2CCN(c3nccn(C4CC4)c3=O)CC2)c1. The van der Waals surface area contributed by atoms with Crippen molar-refractivity contribution in [1.29, 1.82) is 0 Å². The summed E-state index contributed by atoms with van der Waals surface area (Å²) < 4.78 is 7.18. The molecule has 5 nitrogen and oxygen atoms in total. The predicted octanol–water partition coefficient (Wildman–Crippen LogP) is 3.05. The minimum atomic E-state index is 0.0799. The standard InChI is InChI=1S/C20H25N3O2/c1-25-18-4-2-3-16(14-18)13-15-7-10-22(11-8-15)19-20(24)23(12-9-21-19)17-5-6-17/h2-4,9,12,14-15,17H,5-8,10-11,13H2,1H3.